The predicted molar refractivity (Wildman–Crippen MR) is 162 cm³/mol. The van der Waals surface area contributed by atoms with E-state index in [2.05, 4.69) is 41.2 Å². The minimum Gasteiger partial charge on any atom is -0.554 e. The number of amides is 1. The fourth-order valence-electron chi connectivity index (χ4n) is 5.31. The molecule has 3 heterocycles. The van der Waals surface area contributed by atoms with E-state index in [0.29, 0.717) is 22.9 Å². The Morgan fingerprint density at radius 3 is 2.43 bits per heavy atom. The van der Waals surface area contributed by atoms with Gasteiger partial charge in [0.05, 0.1) is 39.6 Å². The van der Waals surface area contributed by atoms with E-state index in [1.54, 1.807) is 30.7 Å². The number of carboxylic acid groups (broad SMARTS) is 1. The van der Waals surface area contributed by atoms with E-state index in [9.17, 15) is 13.6 Å². The molecule has 1 fully saturated rings. The highest BCUT2D eigenvalue weighted by Crippen LogP contribution is 2.29. The van der Waals surface area contributed by atoms with E-state index in [4.69, 9.17) is 9.90 Å². The first-order valence-electron chi connectivity index (χ1n) is 14.4. The molecule has 1 aliphatic heterocycles. The van der Waals surface area contributed by atoms with E-state index in [-0.39, 0.29) is 11.7 Å². The number of carbonyl (C=O) groups excluding carboxylic acids is 2. The van der Waals surface area contributed by atoms with Gasteiger partial charge in [-0.15, -0.1) is 0 Å². The molecule has 0 bridgehead atoms. The number of likely N-dealkylation sites (tertiary alicyclic amines) is 1. The summed E-state index contributed by atoms with van der Waals surface area (Å²) >= 11 is 0. The molecule has 2 aromatic carbocycles. The summed E-state index contributed by atoms with van der Waals surface area (Å²) < 4.78 is 32.3. The summed E-state index contributed by atoms with van der Waals surface area (Å²) in [6.45, 7) is 1.34. The highest BCUT2D eigenvalue weighted by atomic mass is 19.3. The van der Waals surface area contributed by atoms with Crippen LogP contribution in [0.2, 0.25) is 0 Å². The maximum atomic E-state index is 13.3. The zero-order valence-corrected chi connectivity index (χ0v) is 25.4. The number of quaternary nitrogens is 1. The average molecular weight is 609 g/mol. The SMILES string of the molecule is Cc1cc(Nc2nccn3c(-c4ccc(OC(F)F)cc4)cnc23)ccc1C(=O)N1CCC(CC[N+](C)(C)C)CC1.O=C[O-]. The molecule has 4 aromatic rings. The number of imidazole rings is 1. The van der Waals surface area contributed by atoms with Gasteiger partial charge < -0.3 is 29.3 Å². The molecular formula is C32H38F2N6O4. The van der Waals surface area contributed by atoms with Crippen molar-refractivity contribution in [1.29, 1.82) is 0 Å². The van der Waals surface area contributed by atoms with Crippen LogP contribution in [-0.4, -0.2) is 83.5 Å². The van der Waals surface area contributed by atoms with Crippen molar-refractivity contribution in [2.45, 2.75) is 32.8 Å². The smallest absolute Gasteiger partial charge is 0.387 e. The van der Waals surface area contributed by atoms with Gasteiger partial charge in [-0.05, 0) is 80.1 Å². The van der Waals surface area contributed by atoms with Crippen molar-refractivity contribution in [1.82, 2.24) is 19.3 Å². The van der Waals surface area contributed by atoms with E-state index >= 15 is 0 Å². The number of aryl methyl sites for hydroxylation is 1. The minimum atomic E-state index is -2.87. The zero-order chi connectivity index (χ0) is 31.9. The standard InChI is InChI=1S/C31H36F2N6O2.CH2O2/c1-21-19-24(7-10-26(21)30(40)37-15-11-22(12-16-37)13-18-39(2,3)4)36-28-29-35-20-27(38(29)17-14-34-28)23-5-8-25(9-6-23)41-31(32)33;2-1-3/h5-10,14,17,19-20,22,31H,11-13,15-16,18H2,1-4H3;1H,(H,2,3). The van der Waals surface area contributed by atoms with Crippen LogP contribution in [0.15, 0.2) is 61.1 Å². The number of benzene rings is 2. The molecule has 10 nitrogen and oxygen atoms in total. The van der Waals surface area contributed by atoms with Gasteiger partial charge in [-0.3, -0.25) is 9.20 Å². The Kier molecular flexibility index (Phi) is 10.5. The van der Waals surface area contributed by atoms with Crippen molar-refractivity contribution < 1.29 is 32.7 Å². The molecule has 0 radical (unpaired) electrons. The summed E-state index contributed by atoms with van der Waals surface area (Å²) in [5, 5.41) is 11.6. The molecule has 5 rings (SSSR count). The molecule has 1 amide bonds. The number of hydrogen-bond donors (Lipinski definition) is 1. The van der Waals surface area contributed by atoms with Crippen molar-refractivity contribution in [3.63, 3.8) is 0 Å². The number of aromatic nitrogens is 3. The monoisotopic (exact) mass is 608 g/mol. The van der Waals surface area contributed by atoms with Gasteiger partial charge in [0.15, 0.2) is 11.5 Å². The van der Waals surface area contributed by atoms with Crippen LogP contribution >= 0.6 is 0 Å². The molecule has 2 aromatic heterocycles. The van der Waals surface area contributed by atoms with E-state index < -0.39 is 13.1 Å². The third-order valence-corrected chi connectivity index (χ3v) is 7.63. The molecule has 12 heteroatoms. The number of fused-ring (bicyclic) bond motifs is 1. The largest absolute Gasteiger partial charge is 0.554 e. The summed E-state index contributed by atoms with van der Waals surface area (Å²) in [7, 11) is 6.67. The second-order valence-corrected chi connectivity index (χ2v) is 11.8. The van der Waals surface area contributed by atoms with Gasteiger partial charge in [-0.1, -0.05) is 0 Å². The Balaban J connectivity index is 0.00000141. The zero-order valence-electron chi connectivity index (χ0n) is 25.4. The van der Waals surface area contributed by atoms with Gasteiger partial charge in [0.25, 0.3) is 5.91 Å². The lowest BCUT2D eigenvalue weighted by Gasteiger charge is -2.34. The van der Waals surface area contributed by atoms with Gasteiger partial charge in [-0.25, -0.2) is 9.97 Å². The molecule has 0 aliphatic carbocycles. The molecular weight excluding hydrogens is 570 g/mol. The van der Waals surface area contributed by atoms with Crippen LogP contribution in [0.4, 0.5) is 20.3 Å². The van der Waals surface area contributed by atoms with E-state index in [1.807, 2.05) is 34.4 Å². The first kappa shape index (κ1) is 32.3. The van der Waals surface area contributed by atoms with Gasteiger partial charge >= 0.3 is 6.61 Å². The number of ether oxygens (including phenoxy) is 1. The van der Waals surface area contributed by atoms with Crippen LogP contribution in [0.25, 0.3) is 16.9 Å². The van der Waals surface area contributed by atoms with Gasteiger partial charge in [-0.2, -0.15) is 8.78 Å². The van der Waals surface area contributed by atoms with Crippen molar-refractivity contribution in [2.75, 3.05) is 46.1 Å². The highest BCUT2D eigenvalue weighted by molar-refractivity contribution is 5.96. The van der Waals surface area contributed by atoms with Crippen LogP contribution in [0.1, 0.15) is 35.2 Å². The number of nitrogens with zero attached hydrogens (tertiary/aromatic N) is 5. The quantitative estimate of drug-likeness (QED) is 0.222. The molecule has 0 atom stereocenters. The molecule has 0 saturated carbocycles. The summed E-state index contributed by atoms with van der Waals surface area (Å²) in [4.78, 5) is 32.6. The molecule has 1 aliphatic rings. The lowest BCUT2D eigenvalue weighted by atomic mass is 9.92. The number of piperidine rings is 1. The Hall–Kier alpha value is -4.58. The average Bonchev–Trinajstić information content (AvgIpc) is 3.42. The topological polar surface area (TPSA) is 112 Å². The Morgan fingerprint density at radius 2 is 1.82 bits per heavy atom. The molecule has 234 valence electrons. The van der Waals surface area contributed by atoms with Crippen LogP contribution in [-0.2, 0) is 4.79 Å². The van der Waals surface area contributed by atoms with Gasteiger partial charge in [0.1, 0.15) is 5.75 Å². The lowest BCUT2D eigenvalue weighted by Crippen LogP contribution is -2.41. The first-order chi connectivity index (χ1) is 21.0. The number of anilines is 2. The lowest BCUT2D eigenvalue weighted by molar-refractivity contribution is -0.871. The Labute approximate surface area is 255 Å². The van der Waals surface area contributed by atoms with Crippen molar-refractivity contribution in [2.24, 2.45) is 5.92 Å². The summed E-state index contributed by atoms with van der Waals surface area (Å²) in [6, 6.07) is 12.2. The summed E-state index contributed by atoms with van der Waals surface area (Å²) in [5.74, 6) is 1.42. The molecule has 1 N–H and O–H groups in total. The maximum Gasteiger partial charge on any atom is 0.387 e. The van der Waals surface area contributed by atoms with Crippen molar-refractivity contribution in [3.05, 3.63) is 72.2 Å². The number of nitrogens with one attached hydrogen (secondary N) is 1. The van der Waals surface area contributed by atoms with Gasteiger partial charge in [0.2, 0.25) is 0 Å². The fourth-order valence-corrected chi connectivity index (χ4v) is 5.31. The van der Waals surface area contributed by atoms with Crippen molar-refractivity contribution in [3.8, 4) is 17.0 Å². The third kappa shape index (κ3) is 8.28. The Morgan fingerprint density at radius 1 is 1.14 bits per heavy atom. The summed E-state index contributed by atoms with van der Waals surface area (Å²) in [5.41, 5.74) is 4.61. The van der Waals surface area contributed by atoms with Crippen LogP contribution < -0.4 is 15.2 Å². The molecule has 0 unspecified atom stereocenters. The first-order valence-corrected chi connectivity index (χ1v) is 14.4. The van der Waals surface area contributed by atoms with Crippen LogP contribution in [0, 0.1) is 12.8 Å². The molecule has 1 saturated heterocycles. The number of rotatable bonds is 9. The maximum absolute atomic E-state index is 13.3. The molecule has 0 spiro atoms. The van der Waals surface area contributed by atoms with E-state index in [0.717, 1.165) is 59.5 Å². The second kappa shape index (κ2) is 14.3. The number of alkyl halides is 2. The fraction of sp³-hybridized carbons (Fsp3) is 0.375. The summed E-state index contributed by atoms with van der Waals surface area (Å²) in [6.07, 6.45) is 8.49. The highest BCUT2D eigenvalue weighted by Gasteiger charge is 2.26. The second-order valence-electron chi connectivity index (χ2n) is 11.8. The predicted octanol–water partition coefficient (Wildman–Crippen LogP) is 4.36. The van der Waals surface area contributed by atoms with Crippen molar-refractivity contribution >= 4 is 29.5 Å². The van der Waals surface area contributed by atoms with Crippen LogP contribution in [0.5, 0.6) is 5.75 Å². The third-order valence-electron chi connectivity index (χ3n) is 7.63. The van der Waals surface area contributed by atoms with Crippen LogP contribution in [0.3, 0.4) is 0 Å². The Bertz CT molecular complexity index is 1560. The number of carbonyl (C=O) groups is 2. The van der Waals surface area contributed by atoms with Gasteiger partial charge in [0, 0.05) is 48.8 Å². The minimum absolute atomic E-state index is 0.0854. The number of halogens is 2. The number of hydrogen-bond acceptors (Lipinski definition) is 7. The van der Waals surface area contributed by atoms with E-state index in [1.165, 1.54) is 18.6 Å². The molecule has 44 heavy (non-hydrogen) atoms. The normalized spacial score (nSPS) is 13.8.